The fourth-order valence-corrected chi connectivity index (χ4v) is 4.69. The van der Waals surface area contributed by atoms with Gasteiger partial charge < -0.3 is 15.1 Å². The zero-order valence-electron chi connectivity index (χ0n) is 15.1. The standard InChI is InChI=1S/C20H27N3O2/c1-13-4-3-5-18(14(13)2)22-12-15(10-19(22)24)20(25)23-16-6-7-17(23)11-21-9-8-16/h3-5,15-17,21H,6-12H2,1-2H3. The molecule has 0 aliphatic carbocycles. The second-order valence-electron chi connectivity index (χ2n) is 7.75. The number of carbonyl (C=O) groups excluding carboxylic acids is 2. The van der Waals surface area contributed by atoms with E-state index in [4.69, 9.17) is 0 Å². The van der Waals surface area contributed by atoms with E-state index in [0.29, 0.717) is 25.0 Å². The van der Waals surface area contributed by atoms with Gasteiger partial charge in [-0.05, 0) is 56.8 Å². The van der Waals surface area contributed by atoms with Crippen LogP contribution in [-0.2, 0) is 9.59 Å². The number of amides is 2. The number of nitrogens with zero attached hydrogens (tertiary/aromatic N) is 2. The van der Waals surface area contributed by atoms with Gasteiger partial charge in [0.15, 0.2) is 0 Å². The Bertz CT molecular complexity index is 688. The number of hydrogen-bond acceptors (Lipinski definition) is 3. The number of anilines is 1. The van der Waals surface area contributed by atoms with Gasteiger partial charge in [-0.15, -0.1) is 0 Å². The summed E-state index contributed by atoms with van der Waals surface area (Å²) >= 11 is 0. The number of benzene rings is 1. The van der Waals surface area contributed by atoms with Crippen molar-refractivity contribution >= 4 is 17.5 Å². The molecule has 0 saturated carbocycles. The summed E-state index contributed by atoms with van der Waals surface area (Å²) < 4.78 is 0. The van der Waals surface area contributed by atoms with Crippen molar-refractivity contribution in [3.8, 4) is 0 Å². The highest BCUT2D eigenvalue weighted by Gasteiger charge is 2.44. The molecule has 3 heterocycles. The van der Waals surface area contributed by atoms with E-state index >= 15 is 0 Å². The molecule has 2 amide bonds. The molecule has 5 heteroatoms. The lowest BCUT2D eigenvalue weighted by molar-refractivity contribution is -0.138. The molecule has 3 atom stereocenters. The van der Waals surface area contributed by atoms with Gasteiger partial charge in [-0.25, -0.2) is 0 Å². The first-order valence-electron chi connectivity index (χ1n) is 9.45. The lowest BCUT2D eigenvalue weighted by atomic mass is 10.0. The molecule has 0 spiro atoms. The van der Waals surface area contributed by atoms with Crippen molar-refractivity contribution in [2.45, 2.75) is 51.6 Å². The van der Waals surface area contributed by atoms with Crippen molar-refractivity contribution in [3.05, 3.63) is 29.3 Å². The molecule has 3 aliphatic rings. The molecule has 1 aromatic rings. The predicted molar refractivity (Wildman–Crippen MR) is 97.5 cm³/mol. The minimum absolute atomic E-state index is 0.0762. The molecule has 3 fully saturated rings. The SMILES string of the molecule is Cc1cccc(N2CC(C(=O)N3C4CCNCC3CC4)CC2=O)c1C. The molecule has 3 saturated heterocycles. The molecule has 3 aliphatic heterocycles. The van der Waals surface area contributed by atoms with Crippen LogP contribution < -0.4 is 10.2 Å². The van der Waals surface area contributed by atoms with Crippen LogP contribution in [-0.4, -0.2) is 48.4 Å². The van der Waals surface area contributed by atoms with E-state index in [-0.39, 0.29) is 17.7 Å². The largest absolute Gasteiger partial charge is 0.335 e. The maximum atomic E-state index is 13.2. The smallest absolute Gasteiger partial charge is 0.228 e. The molecule has 1 aromatic carbocycles. The Hall–Kier alpha value is -1.88. The molecular formula is C20H27N3O2. The second-order valence-corrected chi connectivity index (χ2v) is 7.75. The monoisotopic (exact) mass is 341 g/mol. The zero-order chi connectivity index (χ0) is 17.6. The molecule has 2 bridgehead atoms. The van der Waals surface area contributed by atoms with E-state index in [1.807, 2.05) is 24.0 Å². The third-order valence-corrected chi connectivity index (χ3v) is 6.25. The van der Waals surface area contributed by atoms with E-state index < -0.39 is 0 Å². The fourth-order valence-electron chi connectivity index (χ4n) is 4.69. The van der Waals surface area contributed by atoms with Gasteiger partial charge >= 0.3 is 0 Å². The highest BCUT2D eigenvalue weighted by Crippen LogP contribution is 2.34. The summed E-state index contributed by atoms with van der Waals surface area (Å²) in [6.07, 6.45) is 3.57. The lowest BCUT2D eigenvalue weighted by Gasteiger charge is -2.30. The van der Waals surface area contributed by atoms with Crippen molar-refractivity contribution in [2.24, 2.45) is 5.92 Å². The lowest BCUT2D eigenvalue weighted by Crippen LogP contribution is -2.46. The maximum Gasteiger partial charge on any atom is 0.228 e. The van der Waals surface area contributed by atoms with Gasteiger partial charge in [-0.2, -0.15) is 0 Å². The number of aryl methyl sites for hydroxylation is 1. The van der Waals surface area contributed by atoms with E-state index in [1.165, 1.54) is 5.56 Å². The molecule has 134 valence electrons. The van der Waals surface area contributed by atoms with Gasteiger partial charge in [0.05, 0.1) is 5.92 Å². The van der Waals surface area contributed by atoms with Crippen LogP contribution in [0.4, 0.5) is 5.69 Å². The minimum Gasteiger partial charge on any atom is -0.335 e. The van der Waals surface area contributed by atoms with E-state index in [2.05, 4.69) is 23.2 Å². The van der Waals surface area contributed by atoms with Gasteiger partial charge in [0.1, 0.15) is 0 Å². The summed E-state index contributed by atoms with van der Waals surface area (Å²) in [4.78, 5) is 29.8. The Morgan fingerprint density at radius 1 is 1.16 bits per heavy atom. The number of nitrogens with one attached hydrogen (secondary N) is 1. The summed E-state index contributed by atoms with van der Waals surface area (Å²) in [7, 11) is 0. The predicted octanol–water partition coefficient (Wildman–Crippen LogP) is 2.01. The zero-order valence-corrected chi connectivity index (χ0v) is 15.1. The van der Waals surface area contributed by atoms with Gasteiger partial charge in [0.2, 0.25) is 11.8 Å². The van der Waals surface area contributed by atoms with Crippen molar-refractivity contribution in [3.63, 3.8) is 0 Å². The Balaban J connectivity index is 1.54. The van der Waals surface area contributed by atoms with E-state index in [9.17, 15) is 9.59 Å². The normalized spacial score (nSPS) is 29.2. The summed E-state index contributed by atoms with van der Waals surface area (Å²) in [5.74, 6) is 0.0679. The molecule has 1 N–H and O–H groups in total. The highest BCUT2D eigenvalue weighted by atomic mass is 16.2. The number of rotatable bonds is 2. The van der Waals surface area contributed by atoms with Gasteiger partial charge in [-0.1, -0.05) is 12.1 Å². The average molecular weight is 341 g/mol. The van der Waals surface area contributed by atoms with Crippen molar-refractivity contribution in [2.75, 3.05) is 24.5 Å². The number of hydrogen-bond donors (Lipinski definition) is 1. The topological polar surface area (TPSA) is 52.7 Å². The second kappa shape index (κ2) is 6.45. The van der Waals surface area contributed by atoms with Crippen LogP contribution in [0.15, 0.2) is 18.2 Å². The fraction of sp³-hybridized carbons (Fsp3) is 0.600. The average Bonchev–Trinajstić information content (AvgIpc) is 3.08. The van der Waals surface area contributed by atoms with Gasteiger partial charge in [0.25, 0.3) is 0 Å². The van der Waals surface area contributed by atoms with Crippen LogP contribution in [0.25, 0.3) is 0 Å². The molecular weight excluding hydrogens is 314 g/mol. The molecule has 25 heavy (non-hydrogen) atoms. The molecule has 0 radical (unpaired) electrons. The third-order valence-electron chi connectivity index (χ3n) is 6.25. The van der Waals surface area contributed by atoms with Gasteiger partial charge in [0, 0.05) is 37.3 Å². The van der Waals surface area contributed by atoms with Crippen LogP contribution in [0.5, 0.6) is 0 Å². The molecule has 3 unspecified atom stereocenters. The summed E-state index contributed by atoms with van der Waals surface area (Å²) in [6, 6.07) is 6.71. The Kier molecular flexibility index (Phi) is 4.28. The first kappa shape index (κ1) is 16.6. The van der Waals surface area contributed by atoms with Crippen LogP contribution in [0.2, 0.25) is 0 Å². The summed E-state index contributed by atoms with van der Waals surface area (Å²) in [6.45, 7) is 6.51. The van der Waals surface area contributed by atoms with E-state index in [0.717, 1.165) is 43.6 Å². The molecule has 4 rings (SSSR count). The third kappa shape index (κ3) is 2.84. The van der Waals surface area contributed by atoms with Crippen molar-refractivity contribution < 1.29 is 9.59 Å². The Labute approximate surface area is 149 Å². The van der Waals surface area contributed by atoms with Crippen LogP contribution in [0.3, 0.4) is 0 Å². The first-order chi connectivity index (χ1) is 12.1. The summed E-state index contributed by atoms with van der Waals surface area (Å²) in [5, 5.41) is 3.44. The van der Waals surface area contributed by atoms with Crippen LogP contribution in [0, 0.1) is 19.8 Å². The summed E-state index contributed by atoms with van der Waals surface area (Å²) in [5.41, 5.74) is 3.26. The molecule has 5 nitrogen and oxygen atoms in total. The Morgan fingerprint density at radius 3 is 2.80 bits per heavy atom. The van der Waals surface area contributed by atoms with Crippen LogP contribution in [0.1, 0.15) is 36.8 Å². The highest BCUT2D eigenvalue weighted by molar-refractivity contribution is 6.01. The van der Waals surface area contributed by atoms with E-state index in [1.54, 1.807) is 0 Å². The quantitative estimate of drug-likeness (QED) is 0.895. The maximum absolute atomic E-state index is 13.2. The van der Waals surface area contributed by atoms with Crippen molar-refractivity contribution in [1.82, 2.24) is 10.2 Å². The molecule has 0 aromatic heterocycles. The van der Waals surface area contributed by atoms with Crippen molar-refractivity contribution in [1.29, 1.82) is 0 Å². The van der Waals surface area contributed by atoms with Gasteiger partial charge in [-0.3, -0.25) is 9.59 Å². The minimum atomic E-state index is -0.200. The number of carbonyl (C=O) groups is 2. The van der Waals surface area contributed by atoms with Crippen LogP contribution >= 0.6 is 0 Å². The first-order valence-corrected chi connectivity index (χ1v) is 9.45. The number of fused-ring (bicyclic) bond motifs is 2. The Morgan fingerprint density at radius 2 is 1.96 bits per heavy atom.